The zero-order chi connectivity index (χ0) is 17.7. The van der Waals surface area contributed by atoms with Crippen molar-refractivity contribution in [1.29, 1.82) is 0 Å². The number of likely N-dealkylation sites (tertiary alicyclic amines) is 1. The lowest BCUT2D eigenvalue weighted by Gasteiger charge is -2.33. The Hall–Kier alpha value is -1.99. The number of amides is 2. The van der Waals surface area contributed by atoms with Crippen LogP contribution in [-0.2, 0) is 6.18 Å². The van der Waals surface area contributed by atoms with E-state index in [9.17, 15) is 18.0 Å². The van der Waals surface area contributed by atoms with Gasteiger partial charge >= 0.3 is 12.2 Å². The maximum absolute atomic E-state index is 12.9. The van der Waals surface area contributed by atoms with E-state index in [0.717, 1.165) is 18.9 Å². The number of hydrogen-bond donors (Lipinski definition) is 1. The summed E-state index contributed by atoms with van der Waals surface area (Å²) in [6.45, 7) is 4.97. The third kappa shape index (κ3) is 5.01. The molecule has 1 atom stereocenters. The highest BCUT2D eigenvalue weighted by atomic mass is 19.4. The third-order valence-corrected chi connectivity index (χ3v) is 3.75. The van der Waals surface area contributed by atoms with Crippen molar-refractivity contribution in [3.63, 3.8) is 0 Å². The van der Waals surface area contributed by atoms with E-state index in [0.29, 0.717) is 13.1 Å². The van der Waals surface area contributed by atoms with Crippen molar-refractivity contribution in [2.75, 3.05) is 19.7 Å². The second-order valence-corrected chi connectivity index (χ2v) is 6.22. The second kappa shape index (κ2) is 7.72. The average Bonchev–Trinajstić information content (AvgIpc) is 2.52. The van der Waals surface area contributed by atoms with E-state index >= 15 is 0 Å². The number of rotatable bonds is 4. The number of nitrogens with zero attached hydrogens (tertiary/aromatic N) is 2. The lowest BCUT2D eigenvalue weighted by Crippen LogP contribution is -2.48. The van der Waals surface area contributed by atoms with Gasteiger partial charge in [-0.3, -0.25) is 0 Å². The molecule has 1 saturated heterocycles. The number of hydrogen-bond acceptors (Lipinski definition) is 3. The first-order chi connectivity index (χ1) is 11.3. The number of nitrogens with one attached hydrogen (secondary N) is 1. The Morgan fingerprint density at radius 1 is 1.50 bits per heavy atom. The van der Waals surface area contributed by atoms with Gasteiger partial charge < -0.3 is 15.0 Å². The molecule has 2 amide bonds. The molecule has 2 heterocycles. The molecule has 0 saturated carbocycles. The number of pyridine rings is 1. The van der Waals surface area contributed by atoms with E-state index < -0.39 is 17.6 Å². The lowest BCUT2D eigenvalue weighted by atomic mass is 9.99. The zero-order valence-electron chi connectivity index (χ0n) is 13.8. The van der Waals surface area contributed by atoms with Gasteiger partial charge in [0.05, 0.1) is 6.61 Å². The van der Waals surface area contributed by atoms with Crippen LogP contribution >= 0.6 is 0 Å². The first kappa shape index (κ1) is 18.4. The minimum absolute atomic E-state index is 0.0141. The fourth-order valence-electron chi connectivity index (χ4n) is 2.64. The number of alkyl halides is 3. The molecule has 1 aliphatic heterocycles. The van der Waals surface area contributed by atoms with Crippen LogP contribution in [-0.4, -0.2) is 41.7 Å². The summed E-state index contributed by atoms with van der Waals surface area (Å²) in [6, 6.07) is 2.07. The molecule has 0 aliphatic carbocycles. The first-order valence-electron chi connectivity index (χ1n) is 7.98. The van der Waals surface area contributed by atoms with Crippen molar-refractivity contribution in [3.8, 4) is 5.88 Å². The van der Waals surface area contributed by atoms with Crippen LogP contribution in [0.2, 0.25) is 0 Å². The molecule has 2 rings (SSSR count). The van der Waals surface area contributed by atoms with Crippen molar-refractivity contribution in [2.45, 2.75) is 38.9 Å². The molecule has 1 N–H and O–H groups in total. The second-order valence-electron chi connectivity index (χ2n) is 6.22. The fourth-order valence-corrected chi connectivity index (χ4v) is 2.64. The zero-order valence-corrected chi connectivity index (χ0v) is 13.8. The largest absolute Gasteiger partial charge is 0.477 e. The number of urea groups is 1. The first-order valence-corrected chi connectivity index (χ1v) is 7.98. The SMILES string of the molecule is CC(C)NC(=O)N1CCCC(COc2ncccc2C(F)(F)F)C1. The average molecular weight is 345 g/mol. The van der Waals surface area contributed by atoms with Gasteiger partial charge in [0.15, 0.2) is 0 Å². The fraction of sp³-hybridized carbons (Fsp3) is 0.625. The van der Waals surface area contributed by atoms with Gasteiger partial charge in [-0.2, -0.15) is 13.2 Å². The standard InChI is InChI=1S/C16H22F3N3O2/c1-11(2)21-15(23)22-8-4-5-12(9-22)10-24-14-13(16(17,18)19)6-3-7-20-14/h3,6-7,11-12H,4-5,8-10H2,1-2H3,(H,21,23). The normalized spacial score (nSPS) is 18.6. The third-order valence-electron chi connectivity index (χ3n) is 3.75. The van der Waals surface area contributed by atoms with Crippen LogP contribution in [0.25, 0.3) is 0 Å². The summed E-state index contributed by atoms with van der Waals surface area (Å²) >= 11 is 0. The molecule has 0 bridgehead atoms. The molecular formula is C16H22F3N3O2. The van der Waals surface area contributed by atoms with Gasteiger partial charge in [-0.1, -0.05) is 0 Å². The number of halogens is 3. The molecule has 8 heteroatoms. The van der Waals surface area contributed by atoms with Crippen molar-refractivity contribution in [2.24, 2.45) is 5.92 Å². The Morgan fingerprint density at radius 2 is 2.25 bits per heavy atom. The minimum atomic E-state index is -4.50. The van der Waals surface area contributed by atoms with Crippen LogP contribution in [0.4, 0.5) is 18.0 Å². The molecule has 1 aliphatic rings. The predicted octanol–water partition coefficient (Wildman–Crippen LogP) is 3.31. The Morgan fingerprint density at radius 3 is 2.92 bits per heavy atom. The molecule has 0 radical (unpaired) electrons. The molecule has 134 valence electrons. The highest BCUT2D eigenvalue weighted by Gasteiger charge is 2.35. The maximum Gasteiger partial charge on any atom is 0.421 e. The van der Waals surface area contributed by atoms with Crippen LogP contribution in [0.1, 0.15) is 32.3 Å². The summed E-state index contributed by atoms with van der Waals surface area (Å²) < 4.78 is 44.1. The number of carbonyl (C=O) groups excluding carboxylic acids is 1. The van der Waals surface area contributed by atoms with Gasteiger partial charge in [0.25, 0.3) is 0 Å². The summed E-state index contributed by atoms with van der Waals surface area (Å²) in [5.41, 5.74) is -0.879. The summed E-state index contributed by atoms with van der Waals surface area (Å²) in [5, 5.41) is 2.82. The van der Waals surface area contributed by atoms with Crippen molar-refractivity contribution in [1.82, 2.24) is 15.2 Å². The number of ether oxygens (including phenoxy) is 1. The van der Waals surface area contributed by atoms with Gasteiger partial charge in [0.2, 0.25) is 5.88 Å². The Labute approximate surface area is 139 Å². The van der Waals surface area contributed by atoms with E-state index in [1.54, 1.807) is 4.90 Å². The number of carbonyl (C=O) groups is 1. The molecule has 1 aromatic heterocycles. The summed E-state index contributed by atoms with van der Waals surface area (Å²) in [5.74, 6) is -0.423. The van der Waals surface area contributed by atoms with Gasteiger partial charge in [0.1, 0.15) is 5.56 Å². The molecule has 0 aromatic carbocycles. The summed E-state index contributed by atoms with van der Waals surface area (Å²) in [7, 11) is 0. The van der Waals surface area contributed by atoms with Gasteiger partial charge in [-0.15, -0.1) is 0 Å². The van der Waals surface area contributed by atoms with Crippen LogP contribution < -0.4 is 10.1 Å². The van der Waals surface area contributed by atoms with E-state index in [-0.39, 0.29) is 24.6 Å². The van der Waals surface area contributed by atoms with E-state index in [1.807, 2.05) is 13.8 Å². The Balaban J connectivity index is 1.94. The van der Waals surface area contributed by atoms with E-state index in [1.165, 1.54) is 12.3 Å². The van der Waals surface area contributed by atoms with Crippen molar-refractivity contribution < 1.29 is 22.7 Å². The number of aromatic nitrogens is 1. The van der Waals surface area contributed by atoms with E-state index in [2.05, 4.69) is 10.3 Å². The topological polar surface area (TPSA) is 54.5 Å². The quantitative estimate of drug-likeness (QED) is 0.911. The molecule has 0 spiro atoms. The highest BCUT2D eigenvalue weighted by Crippen LogP contribution is 2.34. The van der Waals surface area contributed by atoms with Crippen molar-refractivity contribution in [3.05, 3.63) is 23.9 Å². The summed E-state index contributed by atoms with van der Waals surface area (Å²) in [4.78, 5) is 17.4. The maximum atomic E-state index is 12.9. The Bertz CT molecular complexity index is 564. The monoisotopic (exact) mass is 345 g/mol. The molecule has 1 aromatic rings. The Kier molecular flexibility index (Phi) is 5.90. The predicted molar refractivity (Wildman–Crippen MR) is 82.7 cm³/mol. The molecular weight excluding hydrogens is 323 g/mol. The molecule has 1 fully saturated rings. The number of piperidine rings is 1. The van der Waals surface area contributed by atoms with Gasteiger partial charge in [-0.25, -0.2) is 9.78 Å². The smallest absolute Gasteiger partial charge is 0.421 e. The van der Waals surface area contributed by atoms with Crippen LogP contribution in [0.3, 0.4) is 0 Å². The van der Waals surface area contributed by atoms with E-state index in [4.69, 9.17) is 4.74 Å². The minimum Gasteiger partial charge on any atom is -0.477 e. The molecule has 24 heavy (non-hydrogen) atoms. The van der Waals surface area contributed by atoms with Crippen molar-refractivity contribution >= 4 is 6.03 Å². The highest BCUT2D eigenvalue weighted by molar-refractivity contribution is 5.74. The van der Waals surface area contributed by atoms with Crippen LogP contribution in [0.15, 0.2) is 18.3 Å². The van der Waals surface area contributed by atoms with Gasteiger partial charge in [0, 0.05) is 31.2 Å². The lowest BCUT2D eigenvalue weighted by molar-refractivity contribution is -0.139. The van der Waals surface area contributed by atoms with Gasteiger partial charge in [-0.05, 0) is 38.8 Å². The molecule has 5 nitrogen and oxygen atoms in total. The summed E-state index contributed by atoms with van der Waals surface area (Å²) in [6.07, 6.45) is -1.62. The van der Waals surface area contributed by atoms with Crippen LogP contribution in [0.5, 0.6) is 5.88 Å². The van der Waals surface area contributed by atoms with Crippen LogP contribution in [0, 0.1) is 5.92 Å². The molecule has 1 unspecified atom stereocenters.